The first kappa shape index (κ1) is 29.9. The van der Waals surface area contributed by atoms with Crippen LogP contribution in [0.25, 0.3) is 0 Å². The summed E-state index contributed by atoms with van der Waals surface area (Å²) in [7, 11) is 3.93. The molecule has 0 aliphatic rings. The van der Waals surface area contributed by atoms with Crippen LogP contribution in [0, 0.1) is 10.1 Å². The van der Waals surface area contributed by atoms with E-state index in [1.807, 2.05) is 0 Å². The van der Waals surface area contributed by atoms with E-state index >= 15 is 0 Å². The standard InChI is InChI=1S/C27H24N2O12/c1-37-18-8-4-6-15(12-18)26(33)40-22(24(30)28-20-14-17(29(35)36)10-11-21(20)39-3)23(25(31)32)41-27(34)16-7-5-9-19(13-16)38-2/h4-14,22-23H,1-3H3,(H,28,30)(H,31,32)/t22-,23-/m1/s1. The molecule has 0 aliphatic heterocycles. The van der Waals surface area contributed by atoms with E-state index in [4.69, 9.17) is 23.7 Å². The first-order valence-electron chi connectivity index (χ1n) is 11.6. The number of hydrogen-bond donors (Lipinski definition) is 2. The van der Waals surface area contributed by atoms with Crippen LogP contribution in [0.15, 0.2) is 66.7 Å². The Bertz CT molecular complexity index is 1470. The molecule has 3 aromatic rings. The Balaban J connectivity index is 2.01. The molecule has 3 rings (SSSR count). The number of carboxylic acid groups (broad SMARTS) is 1. The summed E-state index contributed by atoms with van der Waals surface area (Å²) < 4.78 is 25.6. The maximum Gasteiger partial charge on any atom is 0.349 e. The maximum absolute atomic E-state index is 13.4. The third-order valence-electron chi connectivity index (χ3n) is 5.51. The van der Waals surface area contributed by atoms with Crippen LogP contribution < -0.4 is 19.5 Å². The van der Waals surface area contributed by atoms with Crippen LogP contribution in [0.3, 0.4) is 0 Å². The number of esters is 2. The topological polar surface area (TPSA) is 190 Å². The van der Waals surface area contributed by atoms with Gasteiger partial charge in [-0.05, 0) is 42.5 Å². The highest BCUT2D eigenvalue weighted by molar-refractivity contribution is 6.02. The second kappa shape index (κ2) is 13.4. The van der Waals surface area contributed by atoms with Crippen molar-refractivity contribution in [1.82, 2.24) is 0 Å². The Morgan fingerprint density at radius 2 is 1.32 bits per heavy atom. The van der Waals surface area contributed by atoms with Crippen molar-refractivity contribution in [3.05, 3.63) is 88.0 Å². The van der Waals surface area contributed by atoms with Gasteiger partial charge in [0, 0.05) is 12.1 Å². The molecule has 2 N–H and O–H groups in total. The minimum atomic E-state index is -2.35. The summed E-state index contributed by atoms with van der Waals surface area (Å²) in [5.41, 5.74) is -0.893. The van der Waals surface area contributed by atoms with E-state index in [1.165, 1.54) is 75.9 Å². The molecule has 0 aromatic heterocycles. The molecule has 3 aromatic carbocycles. The lowest BCUT2D eigenvalue weighted by Gasteiger charge is -2.24. The van der Waals surface area contributed by atoms with Crippen molar-refractivity contribution in [3.63, 3.8) is 0 Å². The average Bonchev–Trinajstić information content (AvgIpc) is 2.98. The molecule has 0 heterocycles. The van der Waals surface area contributed by atoms with Gasteiger partial charge in [-0.3, -0.25) is 14.9 Å². The molecule has 41 heavy (non-hydrogen) atoms. The summed E-state index contributed by atoms with van der Waals surface area (Å²) in [6, 6.07) is 14.4. The van der Waals surface area contributed by atoms with Gasteiger partial charge < -0.3 is 34.1 Å². The number of hydrogen-bond acceptors (Lipinski definition) is 11. The number of anilines is 1. The second-order valence-electron chi connectivity index (χ2n) is 8.08. The number of amides is 1. The molecule has 2 atom stereocenters. The van der Waals surface area contributed by atoms with E-state index in [2.05, 4.69) is 5.32 Å². The molecule has 214 valence electrons. The lowest BCUT2D eigenvalue weighted by atomic mass is 10.1. The molecule has 0 fully saturated rings. The monoisotopic (exact) mass is 568 g/mol. The number of nitrogens with zero attached hydrogens (tertiary/aromatic N) is 1. The number of carboxylic acids is 1. The van der Waals surface area contributed by atoms with Crippen LogP contribution >= 0.6 is 0 Å². The van der Waals surface area contributed by atoms with E-state index in [0.29, 0.717) is 0 Å². The highest BCUT2D eigenvalue weighted by Gasteiger charge is 2.41. The Morgan fingerprint density at radius 3 is 1.78 bits per heavy atom. The number of rotatable bonds is 12. The van der Waals surface area contributed by atoms with Crippen LogP contribution in [0.5, 0.6) is 17.2 Å². The number of nitro benzene ring substituents is 1. The minimum absolute atomic E-state index is 0.0259. The van der Waals surface area contributed by atoms with Crippen molar-refractivity contribution < 1.29 is 52.9 Å². The van der Waals surface area contributed by atoms with Gasteiger partial charge in [-0.25, -0.2) is 14.4 Å². The number of ether oxygens (including phenoxy) is 5. The van der Waals surface area contributed by atoms with Gasteiger partial charge in [0.1, 0.15) is 17.2 Å². The Morgan fingerprint density at radius 1 is 0.780 bits per heavy atom. The molecular weight excluding hydrogens is 544 g/mol. The minimum Gasteiger partial charge on any atom is -0.497 e. The van der Waals surface area contributed by atoms with Crippen LogP contribution in [0.1, 0.15) is 20.7 Å². The molecule has 0 saturated carbocycles. The van der Waals surface area contributed by atoms with E-state index in [-0.39, 0.29) is 34.1 Å². The van der Waals surface area contributed by atoms with Gasteiger partial charge in [-0.2, -0.15) is 0 Å². The van der Waals surface area contributed by atoms with Gasteiger partial charge in [-0.15, -0.1) is 0 Å². The molecular formula is C27H24N2O12. The molecule has 14 nitrogen and oxygen atoms in total. The van der Waals surface area contributed by atoms with Crippen LogP contribution in [-0.4, -0.2) is 67.4 Å². The predicted molar refractivity (Wildman–Crippen MR) is 140 cm³/mol. The van der Waals surface area contributed by atoms with Crippen LogP contribution in [0.2, 0.25) is 0 Å². The zero-order valence-electron chi connectivity index (χ0n) is 21.9. The summed E-state index contributed by atoms with van der Waals surface area (Å²) in [5, 5.41) is 23.4. The van der Waals surface area contributed by atoms with Crippen molar-refractivity contribution in [3.8, 4) is 17.2 Å². The fourth-order valence-corrected chi connectivity index (χ4v) is 3.47. The fourth-order valence-electron chi connectivity index (χ4n) is 3.47. The molecule has 0 spiro atoms. The number of nitro groups is 1. The molecule has 0 radical (unpaired) electrons. The van der Waals surface area contributed by atoms with Crippen molar-refractivity contribution in [2.24, 2.45) is 0 Å². The number of non-ortho nitro benzene ring substituents is 1. The third kappa shape index (κ3) is 7.47. The highest BCUT2D eigenvalue weighted by Crippen LogP contribution is 2.29. The first-order chi connectivity index (χ1) is 19.6. The number of methoxy groups -OCH3 is 3. The molecule has 0 saturated heterocycles. The number of benzene rings is 3. The Hall–Kier alpha value is -5.66. The van der Waals surface area contributed by atoms with Crippen LogP contribution in [-0.2, 0) is 19.1 Å². The largest absolute Gasteiger partial charge is 0.497 e. The lowest BCUT2D eigenvalue weighted by Crippen LogP contribution is -2.48. The number of aliphatic carboxylic acids is 1. The smallest absolute Gasteiger partial charge is 0.349 e. The van der Waals surface area contributed by atoms with Gasteiger partial charge >= 0.3 is 17.9 Å². The average molecular weight is 568 g/mol. The number of nitrogens with one attached hydrogen (secondary N) is 1. The summed E-state index contributed by atoms with van der Waals surface area (Å²) in [6.07, 6.45) is -4.63. The third-order valence-corrected chi connectivity index (χ3v) is 5.51. The molecule has 0 aliphatic carbocycles. The fraction of sp³-hybridized carbons (Fsp3) is 0.185. The molecule has 1 amide bonds. The van der Waals surface area contributed by atoms with Crippen molar-refractivity contribution in [1.29, 1.82) is 0 Å². The highest BCUT2D eigenvalue weighted by atomic mass is 16.6. The summed E-state index contributed by atoms with van der Waals surface area (Å²) in [4.78, 5) is 62.0. The second-order valence-corrected chi connectivity index (χ2v) is 8.08. The zero-order chi connectivity index (χ0) is 30.1. The number of carbonyl (C=O) groups is 4. The summed E-state index contributed by atoms with van der Waals surface area (Å²) in [6.45, 7) is 0. The van der Waals surface area contributed by atoms with Gasteiger partial charge in [0.2, 0.25) is 12.2 Å². The maximum atomic E-state index is 13.4. The SMILES string of the molecule is COc1cccc(C(=O)O[C@@H](C(=O)O)[C@@H](OC(=O)c2cccc(OC)c2)C(=O)Nc2cc([N+](=O)[O-])ccc2OC)c1. The first-order valence-corrected chi connectivity index (χ1v) is 11.6. The van der Waals surface area contributed by atoms with Gasteiger partial charge in [-0.1, -0.05) is 12.1 Å². The van der Waals surface area contributed by atoms with Gasteiger partial charge in [0.15, 0.2) is 0 Å². The van der Waals surface area contributed by atoms with E-state index < -0.39 is 46.6 Å². The summed E-state index contributed by atoms with van der Waals surface area (Å²) >= 11 is 0. The predicted octanol–water partition coefficient (Wildman–Crippen LogP) is 3.09. The van der Waals surface area contributed by atoms with Crippen molar-refractivity contribution in [2.45, 2.75) is 12.2 Å². The van der Waals surface area contributed by atoms with Crippen LogP contribution in [0.4, 0.5) is 11.4 Å². The van der Waals surface area contributed by atoms with E-state index in [0.717, 1.165) is 12.1 Å². The molecule has 0 unspecified atom stereocenters. The quantitative estimate of drug-likeness (QED) is 0.185. The Labute approximate surface area is 232 Å². The Kier molecular flexibility index (Phi) is 9.78. The molecule has 14 heteroatoms. The van der Waals surface area contributed by atoms with Crippen molar-refractivity contribution >= 4 is 35.2 Å². The normalized spacial score (nSPS) is 11.8. The summed E-state index contributed by atoms with van der Waals surface area (Å²) in [5.74, 6) is -4.93. The van der Waals surface area contributed by atoms with Crippen molar-refractivity contribution in [2.75, 3.05) is 26.6 Å². The van der Waals surface area contributed by atoms with E-state index in [9.17, 15) is 34.4 Å². The van der Waals surface area contributed by atoms with Gasteiger partial charge in [0.05, 0.1) is 43.1 Å². The zero-order valence-corrected chi connectivity index (χ0v) is 21.9. The number of carbonyl (C=O) groups excluding carboxylic acids is 3. The van der Waals surface area contributed by atoms with E-state index in [1.54, 1.807) is 0 Å². The molecule has 0 bridgehead atoms. The van der Waals surface area contributed by atoms with Gasteiger partial charge in [0.25, 0.3) is 11.6 Å². The lowest BCUT2D eigenvalue weighted by molar-refractivity contribution is -0.384.